The first-order valence-electron chi connectivity index (χ1n) is 10.2. The first-order chi connectivity index (χ1) is 15.0. The van der Waals surface area contributed by atoms with Gasteiger partial charge in [-0.15, -0.1) is 11.3 Å². The number of rotatable bonds is 8. The van der Waals surface area contributed by atoms with Crippen LogP contribution >= 0.6 is 11.3 Å². The van der Waals surface area contributed by atoms with Crippen LogP contribution in [-0.2, 0) is 4.79 Å². The zero-order chi connectivity index (χ0) is 22.0. The fourth-order valence-electron chi connectivity index (χ4n) is 3.89. The largest absolute Gasteiger partial charge is 0.354 e. The Morgan fingerprint density at radius 3 is 2.39 bits per heavy atom. The lowest BCUT2D eigenvalue weighted by molar-refractivity contribution is -0.121. The predicted molar refractivity (Wildman–Crippen MR) is 118 cm³/mol. The summed E-state index contributed by atoms with van der Waals surface area (Å²) in [5.74, 6) is -0.689. The summed E-state index contributed by atoms with van der Waals surface area (Å²) >= 11 is 1.63. The molecular formula is C23H24N4O3S. The zero-order valence-electron chi connectivity index (χ0n) is 17.5. The summed E-state index contributed by atoms with van der Waals surface area (Å²) in [4.78, 5) is 39.6. The topological polar surface area (TPSA) is 84.3 Å². The van der Waals surface area contributed by atoms with Gasteiger partial charge in [-0.1, -0.05) is 18.2 Å². The number of benzene rings is 1. The molecule has 160 valence electrons. The number of hydrogen-bond acceptors (Lipinski definition) is 5. The van der Waals surface area contributed by atoms with Crippen molar-refractivity contribution in [3.05, 3.63) is 75.2 Å². The number of fused-ring (bicyclic) bond motifs is 1. The van der Waals surface area contributed by atoms with E-state index in [1.807, 2.05) is 42.1 Å². The number of imide groups is 1. The maximum atomic E-state index is 12.5. The summed E-state index contributed by atoms with van der Waals surface area (Å²) in [7, 11) is 0. The number of aromatic nitrogens is 2. The SMILES string of the molecule is Cc1cc(C)n(C(CNC(=O)CCCN2C(=O)c3ccccc3C2=O)c2cccs2)n1. The lowest BCUT2D eigenvalue weighted by Gasteiger charge is -2.19. The number of nitrogens with one attached hydrogen (secondary N) is 1. The predicted octanol–water partition coefficient (Wildman–Crippen LogP) is 3.34. The van der Waals surface area contributed by atoms with Crippen molar-refractivity contribution in [2.45, 2.75) is 32.7 Å². The molecule has 0 radical (unpaired) electrons. The highest BCUT2D eigenvalue weighted by atomic mass is 32.1. The van der Waals surface area contributed by atoms with Crippen molar-refractivity contribution in [1.29, 1.82) is 0 Å². The number of hydrogen-bond donors (Lipinski definition) is 1. The molecule has 7 nitrogen and oxygen atoms in total. The van der Waals surface area contributed by atoms with Crippen LogP contribution in [0.3, 0.4) is 0 Å². The van der Waals surface area contributed by atoms with E-state index in [4.69, 9.17) is 0 Å². The van der Waals surface area contributed by atoms with Crippen molar-refractivity contribution in [1.82, 2.24) is 20.0 Å². The van der Waals surface area contributed by atoms with Crippen molar-refractivity contribution in [2.75, 3.05) is 13.1 Å². The summed E-state index contributed by atoms with van der Waals surface area (Å²) in [6, 6.07) is 12.8. The van der Waals surface area contributed by atoms with Gasteiger partial charge in [0.15, 0.2) is 0 Å². The summed E-state index contributed by atoms with van der Waals surface area (Å²) in [5, 5.41) is 9.59. The van der Waals surface area contributed by atoms with Crippen LogP contribution in [0.1, 0.15) is 55.9 Å². The van der Waals surface area contributed by atoms with Crippen LogP contribution < -0.4 is 5.32 Å². The molecule has 1 aliphatic heterocycles. The van der Waals surface area contributed by atoms with E-state index in [-0.39, 0.29) is 36.7 Å². The molecule has 3 heterocycles. The van der Waals surface area contributed by atoms with Gasteiger partial charge in [-0.05, 0) is 49.9 Å². The molecule has 31 heavy (non-hydrogen) atoms. The van der Waals surface area contributed by atoms with Gasteiger partial charge >= 0.3 is 0 Å². The monoisotopic (exact) mass is 436 g/mol. The van der Waals surface area contributed by atoms with Crippen LogP contribution in [0.4, 0.5) is 0 Å². The second-order valence-electron chi connectivity index (χ2n) is 7.62. The highest BCUT2D eigenvalue weighted by molar-refractivity contribution is 7.10. The van der Waals surface area contributed by atoms with Crippen molar-refractivity contribution in [3.63, 3.8) is 0 Å². The van der Waals surface area contributed by atoms with E-state index in [0.717, 1.165) is 16.3 Å². The van der Waals surface area contributed by atoms with E-state index in [1.54, 1.807) is 35.6 Å². The number of carbonyl (C=O) groups is 3. The Morgan fingerprint density at radius 2 is 1.81 bits per heavy atom. The average molecular weight is 437 g/mol. The molecule has 0 saturated carbocycles. The highest BCUT2D eigenvalue weighted by Gasteiger charge is 2.34. The van der Waals surface area contributed by atoms with Crippen LogP contribution in [-0.4, -0.2) is 45.5 Å². The molecule has 8 heteroatoms. The summed E-state index contributed by atoms with van der Waals surface area (Å²) in [5.41, 5.74) is 2.84. The van der Waals surface area contributed by atoms with Crippen LogP contribution in [0.15, 0.2) is 47.8 Å². The molecule has 0 spiro atoms. The van der Waals surface area contributed by atoms with Crippen LogP contribution in [0, 0.1) is 13.8 Å². The molecule has 0 bridgehead atoms. The Labute approximate surface area is 184 Å². The zero-order valence-corrected chi connectivity index (χ0v) is 18.3. The van der Waals surface area contributed by atoms with Gasteiger partial charge in [0.1, 0.15) is 6.04 Å². The van der Waals surface area contributed by atoms with E-state index < -0.39 is 0 Å². The fraction of sp³-hybridized carbons (Fsp3) is 0.304. The van der Waals surface area contributed by atoms with Gasteiger partial charge in [0.25, 0.3) is 11.8 Å². The Balaban J connectivity index is 1.32. The Hall–Kier alpha value is -3.26. The number of aryl methyl sites for hydroxylation is 2. The fourth-order valence-corrected chi connectivity index (χ4v) is 4.70. The maximum Gasteiger partial charge on any atom is 0.261 e. The Kier molecular flexibility index (Phi) is 5.99. The van der Waals surface area contributed by atoms with E-state index in [9.17, 15) is 14.4 Å². The molecule has 0 aliphatic carbocycles. The average Bonchev–Trinajstić information content (AvgIpc) is 3.45. The van der Waals surface area contributed by atoms with E-state index in [2.05, 4.69) is 10.4 Å². The summed E-state index contributed by atoms with van der Waals surface area (Å²) in [6.45, 7) is 4.61. The molecule has 1 atom stereocenters. The number of thiophene rings is 1. The molecular weight excluding hydrogens is 412 g/mol. The standard InChI is InChI=1S/C23H24N4O3S/c1-15-13-16(2)27(25-15)19(20-9-6-12-31-20)14-24-21(28)10-5-11-26-22(29)17-7-3-4-8-18(17)23(26)30/h3-4,6-9,12-13,19H,5,10-11,14H2,1-2H3,(H,24,28). The van der Waals surface area contributed by atoms with Crippen molar-refractivity contribution < 1.29 is 14.4 Å². The van der Waals surface area contributed by atoms with Crippen LogP contribution in [0.2, 0.25) is 0 Å². The molecule has 2 aromatic heterocycles. The minimum absolute atomic E-state index is 0.0751. The van der Waals surface area contributed by atoms with Gasteiger partial charge < -0.3 is 5.32 Å². The minimum atomic E-state index is -0.289. The van der Waals surface area contributed by atoms with Gasteiger partial charge in [0.05, 0.1) is 16.8 Å². The first-order valence-corrected chi connectivity index (χ1v) is 11.1. The van der Waals surface area contributed by atoms with Crippen LogP contribution in [0.5, 0.6) is 0 Å². The number of nitrogens with zero attached hydrogens (tertiary/aromatic N) is 3. The number of amides is 3. The quantitative estimate of drug-likeness (QED) is 0.549. The molecule has 1 unspecified atom stereocenters. The van der Waals surface area contributed by atoms with Crippen LogP contribution in [0.25, 0.3) is 0 Å². The van der Waals surface area contributed by atoms with Crippen molar-refractivity contribution >= 4 is 29.1 Å². The lowest BCUT2D eigenvalue weighted by Crippen LogP contribution is -2.34. The maximum absolute atomic E-state index is 12.5. The summed E-state index contributed by atoms with van der Waals surface area (Å²) < 4.78 is 1.94. The lowest BCUT2D eigenvalue weighted by atomic mass is 10.1. The van der Waals surface area contributed by atoms with Gasteiger partial charge in [0.2, 0.25) is 5.91 Å². The second kappa shape index (κ2) is 8.85. The minimum Gasteiger partial charge on any atom is -0.354 e. The molecule has 1 aliphatic rings. The number of carbonyl (C=O) groups excluding carboxylic acids is 3. The van der Waals surface area contributed by atoms with Crippen molar-refractivity contribution in [3.8, 4) is 0 Å². The smallest absolute Gasteiger partial charge is 0.261 e. The molecule has 0 fully saturated rings. The Bertz CT molecular complexity index is 1080. The molecule has 3 amide bonds. The van der Waals surface area contributed by atoms with E-state index in [1.165, 1.54) is 4.90 Å². The normalized spacial score (nSPS) is 14.1. The summed E-state index contributed by atoms with van der Waals surface area (Å²) in [6.07, 6.45) is 0.655. The molecule has 1 N–H and O–H groups in total. The van der Waals surface area contributed by atoms with Gasteiger partial charge in [0, 0.05) is 30.1 Å². The van der Waals surface area contributed by atoms with Gasteiger partial charge in [-0.2, -0.15) is 5.10 Å². The third-order valence-corrected chi connectivity index (χ3v) is 6.34. The third kappa shape index (κ3) is 4.29. The van der Waals surface area contributed by atoms with Gasteiger partial charge in [-0.25, -0.2) is 0 Å². The molecule has 4 rings (SSSR count). The molecule has 1 aromatic carbocycles. The second-order valence-corrected chi connectivity index (χ2v) is 8.60. The van der Waals surface area contributed by atoms with E-state index >= 15 is 0 Å². The van der Waals surface area contributed by atoms with Crippen molar-refractivity contribution in [2.24, 2.45) is 0 Å². The van der Waals surface area contributed by atoms with Gasteiger partial charge in [-0.3, -0.25) is 24.0 Å². The molecule has 3 aromatic rings. The highest BCUT2D eigenvalue weighted by Crippen LogP contribution is 2.25. The van der Waals surface area contributed by atoms with E-state index in [0.29, 0.717) is 24.1 Å². The Morgan fingerprint density at radius 1 is 1.10 bits per heavy atom. The third-order valence-electron chi connectivity index (χ3n) is 5.37. The first kappa shape index (κ1) is 21.0. The molecule has 0 saturated heterocycles.